The maximum Gasteiger partial charge on any atom is 0.252 e. The molecule has 0 atom stereocenters. The van der Waals surface area contributed by atoms with Gasteiger partial charge in [0.1, 0.15) is 0 Å². The smallest absolute Gasteiger partial charge is 0.252 e. The van der Waals surface area contributed by atoms with Crippen molar-refractivity contribution in [3.05, 3.63) is 357 Å². The molecule has 4 heterocycles. The standard InChI is InChI=1S/C98H75BN4/c1-97(2,3)76-52-74(53-77(61-76)98(4,5)6)75-59-94-96-95(60-75)103(81-56-72(67-34-18-10-19-35-67)51-73(57-81)68-36-20-11-21-37-68)93-63-79(101-90-43-27-24-40-84(90)85-62-78(46-49-91(85)101)100-88-41-25-22-38-82(88)83-39-23-26-42-89(83)100)45-48-87(93)99(96)86-47-44-69(64-28-12-7-13-29-64)58-92(86)102(94)80-54-70(65-30-14-8-15-31-65)50-71(55-80)66-32-16-9-17-33-66/h7-63H,1-6H3/i7D,12D,13D,28D,29D. The highest BCUT2D eigenvalue weighted by Gasteiger charge is 2.45. The zero-order valence-corrected chi connectivity index (χ0v) is 58.4. The first-order valence-corrected chi connectivity index (χ1v) is 35.7. The highest BCUT2D eigenvalue weighted by Crippen LogP contribution is 2.51. The molecule has 2 aliphatic rings. The number of anilines is 6. The van der Waals surface area contributed by atoms with Crippen molar-refractivity contribution in [2.45, 2.75) is 52.4 Å². The Hall–Kier alpha value is -12.4. The fraction of sp³-hybridized carbons (Fsp3) is 0.0816. The van der Waals surface area contributed by atoms with Gasteiger partial charge in [-0.05, 0) is 208 Å². The molecular formula is C98H75BN4. The van der Waals surface area contributed by atoms with Crippen LogP contribution in [0.15, 0.2) is 346 Å². The summed E-state index contributed by atoms with van der Waals surface area (Å²) in [6.45, 7) is 13.4. The van der Waals surface area contributed by atoms with E-state index in [0.717, 1.165) is 150 Å². The first kappa shape index (κ1) is 56.3. The summed E-state index contributed by atoms with van der Waals surface area (Å²) >= 11 is 0. The van der Waals surface area contributed by atoms with Gasteiger partial charge in [-0.3, -0.25) is 0 Å². The molecule has 15 aromatic carbocycles. The summed E-state index contributed by atoms with van der Waals surface area (Å²) in [5.41, 5.74) is 28.6. The Morgan fingerprint density at radius 3 is 1.07 bits per heavy atom. The molecule has 0 spiro atoms. The summed E-state index contributed by atoms with van der Waals surface area (Å²) in [6, 6.07) is 114. The average Bonchev–Trinajstić information content (AvgIpc) is 0.708. The second-order valence-corrected chi connectivity index (χ2v) is 29.8. The van der Waals surface area contributed by atoms with Crippen molar-refractivity contribution in [2.75, 3.05) is 9.80 Å². The second-order valence-electron chi connectivity index (χ2n) is 29.8. The number of para-hydroxylation sites is 3. The van der Waals surface area contributed by atoms with Gasteiger partial charge in [0.05, 0.1) is 28.9 Å². The normalized spacial score (nSPS) is 13.4. The van der Waals surface area contributed by atoms with Crippen LogP contribution in [0.4, 0.5) is 34.1 Å². The predicted molar refractivity (Wildman–Crippen MR) is 439 cm³/mol. The lowest BCUT2D eigenvalue weighted by molar-refractivity contribution is 0.569. The predicted octanol–water partition coefficient (Wildman–Crippen LogP) is 24.6. The van der Waals surface area contributed by atoms with Crippen molar-refractivity contribution in [3.63, 3.8) is 0 Å². The van der Waals surface area contributed by atoms with E-state index in [-0.39, 0.29) is 40.6 Å². The first-order valence-electron chi connectivity index (χ1n) is 38.2. The van der Waals surface area contributed by atoms with Gasteiger partial charge < -0.3 is 18.9 Å². The number of hydrogen-bond donors (Lipinski definition) is 0. The Labute approximate surface area is 610 Å². The second kappa shape index (κ2) is 24.1. The SMILES string of the molecule is [2H]c1c([2H])c([2H])c(-c2ccc3c(c2)N(c2cc(-c4ccccc4)cc(-c4ccccc4)c2)c2cc(-c4cc(C(C)(C)C)cc(C(C)(C)C)c4)cc4c2B3c2ccc(-n3c5ccccc5c5cc(-n6c7ccccc7c7ccccc76)ccc53)cc2N4c2cc(-c3ccccc3)cc(-c3ccccc3)c2)c([2H])c1[2H]. The van der Waals surface area contributed by atoms with E-state index < -0.39 is 12.8 Å². The molecule has 0 fully saturated rings. The molecule has 0 amide bonds. The van der Waals surface area contributed by atoms with E-state index in [1.54, 1.807) is 0 Å². The maximum absolute atomic E-state index is 9.58. The molecule has 0 unspecified atom stereocenters. The summed E-state index contributed by atoms with van der Waals surface area (Å²) in [5, 5.41) is 4.70. The van der Waals surface area contributed by atoms with Crippen LogP contribution in [-0.2, 0) is 10.8 Å². The van der Waals surface area contributed by atoms with Gasteiger partial charge in [-0.2, -0.15) is 0 Å². The molecule has 17 aromatic rings. The Morgan fingerprint density at radius 2 is 0.612 bits per heavy atom. The van der Waals surface area contributed by atoms with E-state index in [1.807, 2.05) is 6.07 Å². The van der Waals surface area contributed by atoms with Crippen molar-refractivity contribution in [1.82, 2.24) is 9.13 Å². The van der Waals surface area contributed by atoms with Crippen LogP contribution in [0, 0.1) is 0 Å². The van der Waals surface area contributed by atoms with Crippen molar-refractivity contribution < 1.29 is 6.85 Å². The minimum atomic E-state index is -0.434. The molecule has 19 rings (SSSR count). The number of aromatic nitrogens is 2. The van der Waals surface area contributed by atoms with E-state index >= 15 is 0 Å². The van der Waals surface area contributed by atoms with Crippen molar-refractivity contribution in [2.24, 2.45) is 0 Å². The van der Waals surface area contributed by atoms with Crippen LogP contribution >= 0.6 is 0 Å². The van der Waals surface area contributed by atoms with Crippen LogP contribution in [0.3, 0.4) is 0 Å². The summed E-state index contributed by atoms with van der Waals surface area (Å²) in [4.78, 5) is 4.98. The van der Waals surface area contributed by atoms with Crippen LogP contribution in [0.5, 0.6) is 0 Å². The lowest BCUT2D eigenvalue weighted by atomic mass is 9.33. The van der Waals surface area contributed by atoms with Crippen LogP contribution in [0.25, 0.3) is 122 Å². The van der Waals surface area contributed by atoms with Crippen molar-refractivity contribution in [1.29, 1.82) is 0 Å². The Kier molecular flexibility index (Phi) is 13.2. The third kappa shape index (κ3) is 10.5. The van der Waals surface area contributed by atoms with Crippen LogP contribution in [0.1, 0.15) is 59.5 Å². The maximum atomic E-state index is 9.58. The quantitative estimate of drug-likeness (QED) is 0.127. The van der Waals surface area contributed by atoms with Gasteiger partial charge in [-0.1, -0.05) is 284 Å². The molecule has 103 heavy (non-hydrogen) atoms. The zero-order valence-electron chi connectivity index (χ0n) is 63.4. The molecule has 0 saturated heterocycles. The van der Waals surface area contributed by atoms with Crippen molar-refractivity contribution >= 4 is 101 Å². The van der Waals surface area contributed by atoms with Crippen LogP contribution in [0.2, 0.25) is 0 Å². The molecule has 4 nitrogen and oxygen atoms in total. The third-order valence-corrected chi connectivity index (χ3v) is 21.4. The molecule has 2 aromatic heterocycles. The van der Waals surface area contributed by atoms with Gasteiger partial charge in [0.15, 0.2) is 0 Å². The fourth-order valence-electron chi connectivity index (χ4n) is 16.3. The van der Waals surface area contributed by atoms with Gasteiger partial charge in [-0.25, -0.2) is 0 Å². The van der Waals surface area contributed by atoms with Gasteiger partial charge in [0, 0.05) is 67.0 Å². The Balaban J connectivity index is 0.951. The van der Waals surface area contributed by atoms with Gasteiger partial charge in [0.2, 0.25) is 0 Å². The number of rotatable bonds is 10. The fourth-order valence-corrected chi connectivity index (χ4v) is 16.3. The number of benzene rings is 15. The summed E-state index contributed by atoms with van der Waals surface area (Å²) in [6.07, 6.45) is 0. The van der Waals surface area contributed by atoms with Gasteiger partial charge in [-0.15, -0.1) is 0 Å². The highest BCUT2D eigenvalue weighted by molar-refractivity contribution is 7.00. The molecule has 0 aliphatic carbocycles. The summed E-state index contributed by atoms with van der Waals surface area (Å²) in [5.74, 6) is 0. The molecule has 0 bridgehead atoms. The highest BCUT2D eigenvalue weighted by atomic mass is 15.2. The molecule has 2 aliphatic heterocycles. The molecule has 0 radical (unpaired) electrons. The van der Waals surface area contributed by atoms with E-state index in [9.17, 15) is 2.74 Å². The van der Waals surface area contributed by atoms with E-state index in [1.165, 1.54) is 21.9 Å². The monoisotopic (exact) mass is 1320 g/mol. The van der Waals surface area contributed by atoms with Gasteiger partial charge in [0.25, 0.3) is 6.71 Å². The van der Waals surface area contributed by atoms with Crippen molar-refractivity contribution in [3.8, 4) is 78.1 Å². The molecule has 0 saturated carbocycles. The lowest BCUT2D eigenvalue weighted by Gasteiger charge is -2.45. The Morgan fingerprint density at radius 1 is 0.252 bits per heavy atom. The topological polar surface area (TPSA) is 16.3 Å². The van der Waals surface area contributed by atoms with E-state index in [0.29, 0.717) is 5.56 Å². The minimum Gasteiger partial charge on any atom is -0.311 e. The lowest BCUT2D eigenvalue weighted by Crippen LogP contribution is -2.61. The van der Waals surface area contributed by atoms with E-state index in [2.05, 4.69) is 370 Å². The Bertz CT molecular complexity index is 6300. The van der Waals surface area contributed by atoms with Gasteiger partial charge >= 0.3 is 0 Å². The van der Waals surface area contributed by atoms with E-state index in [4.69, 9.17) is 4.11 Å². The summed E-state index contributed by atoms with van der Waals surface area (Å²) in [7, 11) is 0. The minimum absolute atomic E-state index is 0.140. The zero-order chi connectivity index (χ0) is 73.6. The molecule has 0 N–H and O–H groups in total. The number of hydrogen-bond acceptors (Lipinski definition) is 2. The number of nitrogens with zero attached hydrogens (tertiary/aromatic N) is 4. The molecule has 490 valence electrons. The summed E-state index contributed by atoms with van der Waals surface area (Å²) < 4.78 is 51.0. The largest absolute Gasteiger partial charge is 0.311 e. The molecule has 5 heteroatoms. The third-order valence-electron chi connectivity index (χ3n) is 21.4. The first-order chi connectivity index (χ1) is 52.4. The number of fused-ring (bicyclic) bond motifs is 10. The van der Waals surface area contributed by atoms with Crippen LogP contribution < -0.4 is 26.2 Å². The van der Waals surface area contributed by atoms with Crippen LogP contribution in [-0.4, -0.2) is 15.8 Å². The molecular weight excluding hydrogens is 1240 g/mol. The average molecular weight is 1320 g/mol.